The Morgan fingerprint density at radius 1 is 1.31 bits per heavy atom. The van der Waals surface area contributed by atoms with Gasteiger partial charge in [-0.2, -0.15) is 11.8 Å². The van der Waals surface area contributed by atoms with Crippen molar-refractivity contribution in [3.05, 3.63) is 35.9 Å². The lowest BCUT2D eigenvalue weighted by Gasteiger charge is -2.32. The first kappa shape index (κ1) is 22.8. The van der Waals surface area contributed by atoms with Crippen molar-refractivity contribution in [1.29, 1.82) is 0 Å². The highest BCUT2D eigenvalue weighted by atomic mass is 35.5. The van der Waals surface area contributed by atoms with E-state index in [-0.39, 0.29) is 36.3 Å². The molecule has 7 heteroatoms. The predicted octanol–water partition coefficient (Wildman–Crippen LogP) is 2.15. The Kier molecular flexibility index (Phi) is 10.7. The number of hydrogen-bond donors (Lipinski definition) is 3. The highest BCUT2D eigenvalue weighted by Gasteiger charge is 2.27. The van der Waals surface area contributed by atoms with E-state index in [2.05, 4.69) is 22.9 Å². The van der Waals surface area contributed by atoms with Gasteiger partial charge in [0.25, 0.3) is 0 Å². The molecule has 1 aromatic carbocycles. The summed E-state index contributed by atoms with van der Waals surface area (Å²) in [5.74, 6) is 0.653. The molecule has 2 rings (SSSR count). The van der Waals surface area contributed by atoms with Crippen LogP contribution in [0.1, 0.15) is 31.7 Å². The van der Waals surface area contributed by atoms with Gasteiger partial charge < -0.3 is 16.0 Å². The van der Waals surface area contributed by atoms with E-state index in [0.29, 0.717) is 12.8 Å². The summed E-state index contributed by atoms with van der Waals surface area (Å²) in [5, 5.41) is 9.43. The fourth-order valence-electron chi connectivity index (χ4n) is 3.06. The lowest BCUT2D eigenvalue weighted by molar-refractivity contribution is -0.129. The molecule has 146 valence electrons. The molecule has 3 unspecified atom stereocenters. The second-order valence-electron chi connectivity index (χ2n) is 6.56. The molecule has 0 aliphatic carbocycles. The summed E-state index contributed by atoms with van der Waals surface area (Å²) >= 11 is 1.68. The number of halogens is 1. The van der Waals surface area contributed by atoms with Crippen LogP contribution in [0.25, 0.3) is 0 Å². The Labute approximate surface area is 166 Å². The molecule has 1 aliphatic rings. The monoisotopic (exact) mass is 399 g/mol. The lowest BCUT2D eigenvalue weighted by Crippen LogP contribution is -2.56. The molecule has 1 fully saturated rings. The lowest BCUT2D eigenvalue weighted by atomic mass is 9.99. The third-order valence-corrected chi connectivity index (χ3v) is 5.20. The third-order valence-electron chi connectivity index (χ3n) is 4.56. The van der Waals surface area contributed by atoms with Crippen molar-refractivity contribution >= 4 is 36.0 Å². The molecule has 3 N–H and O–H groups in total. The minimum Gasteiger partial charge on any atom is -0.350 e. The maximum atomic E-state index is 12.7. The summed E-state index contributed by atoms with van der Waals surface area (Å²) in [6.07, 6.45) is 4.99. The number of rotatable bonds is 8. The number of carbonyl (C=O) groups excluding carboxylic acids is 2. The van der Waals surface area contributed by atoms with Gasteiger partial charge in [-0.25, -0.2) is 0 Å². The average Bonchev–Trinajstić information content (AvgIpc) is 2.61. The maximum absolute atomic E-state index is 12.7. The molecule has 0 bridgehead atoms. The van der Waals surface area contributed by atoms with Gasteiger partial charge in [-0.05, 0) is 50.3 Å². The Balaban J connectivity index is 0.00000338. The van der Waals surface area contributed by atoms with Gasteiger partial charge in [0.15, 0.2) is 0 Å². The summed E-state index contributed by atoms with van der Waals surface area (Å²) < 4.78 is 0. The molecule has 0 aromatic heterocycles. The van der Waals surface area contributed by atoms with Gasteiger partial charge in [0.05, 0.1) is 6.42 Å². The van der Waals surface area contributed by atoms with Gasteiger partial charge in [-0.3, -0.25) is 9.59 Å². The van der Waals surface area contributed by atoms with Crippen LogP contribution < -0.4 is 16.0 Å². The van der Waals surface area contributed by atoms with E-state index in [1.165, 1.54) is 0 Å². The smallest absolute Gasteiger partial charge is 0.242 e. The number of benzene rings is 1. The van der Waals surface area contributed by atoms with Crippen LogP contribution in [0.3, 0.4) is 0 Å². The number of amides is 2. The molecule has 1 saturated heterocycles. The van der Waals surface area contributed by atoms with Gasteiger partial charge in [-0.15, -0.1) is 12.4 Å². The van der Waals surface area contributed by atoms with Crippen molar-refractivity contribution in [3.63, 3.8) is 0 Å². The zero-order chi connectivity index (χ0) is 18.1. The van der Waals surface area contributed by atoms with E-state index in [4.69, 9.17) is 0 Å². The second-order valence-corrected chi connectivity index (χ2v) is 7.55. The van der Waals surface area contributed by atoms with Crippen LogP contribution in [0, 0.1) is 0 Å². The average molecular weight is 400 g/mol. The molecule has 0 spiro atoms. The van der Waals surface area contributed by atoms with E-state index in [1.54, 1.807) is 11.8 Å². The fraction of sp³-hybridized carbons (Fsp3) is 0.579. The number of carbonyl (C=O) groups is 2. The summed E-state index contributed by atoms with van der Waals surface area (Å²) in [7, 11) is 0. The molecule has 26 heavy (non-hydrogen) atoms. The minimum atomic E-state index is -0.474. The van der Waals surface area contributed by atoms with Crippen molar-refractivity contribution in [3.8, 4) is 0 Å². The Morgan fingerprint density at radius 3 is 2.69 bits per heavy atom. The third kappa shape index (κ3) is 7.56. The number of piperidine rings is 1. The van der Waals surface area contributed by atoms with Crippen molar-refractivity contribution in [2.24, 2.45) is 0 Å². The van der Waals surface area contributed by atoms with Crippen LogP contribution in [0.15, 0.2) is 30.3 Å². The summed E-state index contributed by atoms with van der Waals surface area (Å²) in [6.45, 7) is 3.09. The topological polar surface area (TPSA) is 70.2 Å². The van der Waals surface area contributed by atoms with Crippen LogP contribution in [-0.2, 0) is 16.0 Å². The number of nitrogens with one attached hydrogen (secondary N) is 3. The SMILES string of the molecule is CSCCC(NC(=O)Cc1ccccc1)C(=O)NC1CCCNC1C.Cl. The molecule has 3 atom stereocenters. The Hall–Kier alpha value is -1.24. The summed E-state index contributed by atoms with van der Waals surface area (Å²) in [5.41, 5.74) is 0.953. The predicted molar refractivity (Wildman–Crippen MR) is 111 cm³/mol. The fourth-order valence-corrected chi connectivity index (χ4v) is 3.53. The normalized spacial score (nSPS) is 20.5. The molecule has 1 aliphatic heterocycles. The molecule has 1 aromatic rings. The van der Waals surface area contributed by atoms with E-state index in [0.717, 1.165) is 30.7 Å². The molecule has 0 radical (unpaired) electrons. The first-order valence-corrected chi connectivity index (χ1v) is 10.4. The van der Waals surface area contributed by atoms with Gasteiger partial charge in [0, 0.05) is 12.1 Å². The highest BCUT2D eigenvalue weighted by molar-refractivity contribution is 7.98. The van der Waals surface area contributed by atoms with Crippen molar-refractivity contribution in [1.82, 2.24) is 16.0 Å². The van der Waals surface area contributed by atoms with E-state index < -0.39 is 6.04 Å². The zero-order valence-electron chi connectivity index (χ0n) is 15.5. The van der Waals surface area contributed by atoms with Crippen molar-refractivity contribution < 1.29 is 9.59 Å². The zero-order valence-corrected chi connectivity index (χ0v) is 17.1. The van der Waals surface area contributed by atoms with E-state index in [1.807, 2.05) is 36.6 Å². The standard InChI is InChI=1S/C19H29N3O2S.ClH/c1-14-16(9-6-11-20-14)22-19(24)17(10-12-25-2)21-18(23)13-15-7-4-3-5-8-15;/h3-5,7-8,14,16-17,20H,6,9-13H2,1-2H3,(H,21,23)(H,22,24);1H. The van der Waals surface area contributed by atoms with Crippen LogP contribution in [0.4, 0.5) is 0 Å². The van der Waals surface area contributed by atoms with Crippen molar-refractivity contribution in [2.45, 2.75) is 50.7 Å². The molecule has 2 amide bonds. The summed E-state index contributed by atoms with van der Waals surface area (Å²) in [4.78, 5) is 25.0. The number of hydrogen-bond acceptors (Lipinski definition) is 4. The molecule has 5 nitrogen and oxygen atoms in total. The van der Waals surface area contributed by atoms with Crippen molar-refractivity contribution in [2.75, 3.05) is 18.6 Å². The molecular formula is C19H30ClN3O2S. The maximum Gasteiger partial charge on any atom is 0.242 e. The minimum absolute atomic E-state index is 0. The van der Waals surface area contributed by atoms with Gasteiger partial charge >= 0.3 is 0 Å². The number of thioether (sulfide) groups is 1. The van der Waals surface area contributed by atoms with E-state index in [9.17, 15) is 9.59 Å². The molecule has 1 heterocycles. The first-order valence-electron chi connectivity index (χ1n) is 8.96. The quantitative estimate of drug-likeness (QED) is 0.626. The van der Waals surface area contributed by atoms with Gasteiger partial charge in [0.1, 0.15) is 6.04 Å². The Bertz CT molecular complexity index is 559. The highest BCUT2D eigenvalue weighted by Crippen LogP contribution is 2.10. The van der Waals surface area contributed by atoms with Crippen LogP contribution in [-0.4, -0.2) is 48.5 Å². The first-order chi connectivity index (χ1) is 12.1. The largest absolute Gasteiger partial charge is 0.350 e. The Morgan fingerprint density at radius 2 is 2.04 bits per heavy atom. The van der Waals surface area contributed by atoms with E-state index >= 15 is 0 Å². The van der Waals surface area contributed by atoms with Crippen LogP contribution in [0.5, 0.6) is 0 Å². The van der Waals surface area contributed by atoms with Crippen LogP contribution in [0.2, 0.25) is 0 Å². The van der Waals surface area contributed by atoms with Gasteiger partial charge in [-0.1, -0.05) is 30.3 Å². The van der Waals surface area contributed by atoms with Gasteiger partial charge in [0.2, 0.25) is 11.8 Å². The second kappa shape index (κ2) is 12.2. The molecular weight excluding hydrogens is 370 g/mol. The van der Waals surface area contributed by atoms with Crippen LogP contribution >= 0.6 is 24.2 Å². The molecule has 0 saturated carbocycles. The summed E-state index contributed by atoms with van der Waals surface area (Å²) in [6, 6.07) is 9.52.